The van der Waals surface area contributed by atoms with Crippen molar-refractivity contribution in [3.05, 3.63) is 48.0 Å². The fourth-order valence-electron chi connectivity index (χ4n) is 3.87. The van der Waals surface area contributed by atoms with Gasteiger partial charge in [-0.05, 0) is 63.3 Å². The standard InChI is InChI=1S/C27H38N4O4S2/c1-6-8-17-30(18-9-7-2)37(33,34)22-15-13-21(14-16-22)26(32)31(20-19-29(3)4)27-28-25-23(35-5)11-10-12-24(25)36-27/h10-16H,6-9,17-20H2,1-5H3. The van der Waals surface area contributed by atoms with Gasteiger partial charge in [-0.25, -0.2) is 13.4 Å². The highest BCUT2D eigenvalue weighted by atomic mass is 32.2. The maximum atomic E-state index is 13.6. The predicted molar refractivity (Wildman–Crippen MR) is 151 cm³/mol. The van der Waals surface area contributed by atoms with Crippen molar-refractivity contribution in [1.82, 2.24) is 14.2 Å². The zero-order chi connectivity index (χ0) is 27.0. The first-order chi connectivity index (χ1) is 17.7. The molecule has 0 aliphatic heterocycles. The van der Waals surface area contributed by atoms with Crippen molar-refractivity contribution in [3.8, 4) is 5.75 Å². The molecule has 0 radical (unpaired) electrons. The molecule has 0 spiro atoms. The molecule has 1 aromatic heterocycles. The largest absolute Gasteiger partial charge is 0.494 e. The van der Waals surface area contributed by atoms with Crippen LogP contribution < -0.4 is 9.64 Å². The minimum atomic E-state index is -3.63. The second-order valence-corrected chi connectivity index (χ2v) is 12.1. The molecule has 3 rings (SSSR count). The van der Waals surface area contributed by atoms with Gasteiger partial charge in [0.05, 0.1) is 16.7 Å². The highest BCUT2D eigenvalue weighted by molar-refractivity contribution is 7.89. The van der Waals surface area contributed by atoms with Crippen LogP contribution in [0, 0.1) is 0 Å². The van der Waals surface area contributed by atoms with Crippen molar-refractivity contribution in [2.24, 2.45) is 0 Å². The van der Waals surface area contributed by atoms with E-state index in [0.717, 1.165) is 30.4 Å². The number of unbranched alkanes of at least 4 members (excludes halogenated alkanes) is 2. The molecule has 1 heterocycles. The first-order valence-electron chi connectivity index (χ1n) is 12.7. The Labute approximate surface area is 224 Å². The number of para-hydroxylation sites is 1. The summed E-state index contributed by atoms with van der Waals surface area (Å²) in [6.45, 7) is 6.19. The number of amides is 1. The molecule has 0 unspecified atom stereocenters. The van der Waals surface area contributed by atoms with Crippen molar-refractivity contribution < 1.29 is 17.9 Å². The van der Waals surface area contributed by atoms with Crippen LogP contribution in [0.15, 0.2) is 47.4 Å². The number of ether oxygens (including phenoxy) is 1. The maximum Gasteiger partial charge on any atom is 0.260 e. The molecule has 37 heavy (non-hydrogen) atoms. The van der Waals surface area contributed by atoms with E-state index in [0.29, 0.717) is 48.1 Å². The van der Waals surface area contributed by atoms with Gasteiger partial charge in [0.2, 0.25) is 10.0 Å². The van der Waals surface area contributed by atoms with Gasteiger partial charge >= 0.3 is 0 Å². The Bertz CT molecular complexity index is 1270. The molecule has 0 bridgehead atoms. The van der Waals surface area contributed by atoms with Crippen LogP contribution in [-0.2, 0) is 10.0 Å². The molecule has 3 aromatic rings. The number of fused-ring (bicyclic) bond motifs is 1. The Hall–Kier alpha value is -2.53. The summed E-state index contributed by atoms with van der Waals surface area (Å²) in [4.78, 5) is 22.2. The van der Waals surface area contributed by atoms with Gasteiger partial charge in [0, 0.05) is 31.7 Å². The molecule has 8 nitrogen and oxygen atoms in total. The fourth-order valence-corrected chi connectivity index (χ4v) is 6.40. The monoisotopic (exact) mass is 546 g/mol. The molecule has 0 atom stereocenters. The van der Waals surface area contributed by atoms with E-state index in [1.54, 1.807) is 40.6 Å². The number of sulfonamides is 1. The molecule has 0 fully saturated rings. The minimum Gasteiger partial charge on any atom is -0.494 e. The molecular formula is C27H38N4O4S2. The number of hydrogen-bond acceptors (Lipinski definition) is 7. The van der Waals surface area contributed by atoms with Gasteiger partial charge < -0.3 is 9.64 Å². The van der Waals surface area contributed by atoms with Gasteiger partial charge in [-0.15, -0.1) is 0 Å². The number of hydrogen-bond donors (Lipinski definition) is 0. The molecule has 0 saturated heterocycles. The third kappa shape index (κ3) is 7.07. The summed E-state index contributed by atoms with van der Waals surface area (Å²) >= 11 is 1.43. The lowest BCUT2D eigenvalue weighted by atomic mass is 10.2. The molecule has 10 heteroatoms. The van der Waals surface area contributed by atoms with Gasteiger partial charge in [0.1, 0.15) is 11.3 Å². The Morgan fingerprint density at radius 1 is 0.946 bits per heavy atom. The van der Waals surface area contributed by atoms with E-state index in [1.807, 2.05) is 37.2 Å². The number of benzene rings is 2. The van der Waals surface area contributed by atoms with Crippen LogP contribution in [0.5, 0.6) is 5.75 Å². The van der Waals surface area contributed by atoms with Gasteiger partial charge in [-0.3, -0.25) is 9.69 Å². The summed E-state index contributed by atoms with van der Waals surface area (Å²) in [7, 11) is 1.87. The number of thiazole rings is 1. The zero-order valence-electron chi connectivity index (χ0n) is 22.4. The van der Waals surface area contributed by atoms with Gasteiger partial charge in [0.25, 0.3) is 5.91 Å². The summed E-state index contributed by atoms with van der Waals surface area (Å²) in [5.41, 5.74) is 1.13. The van der Waals surface area contributed by atoms with Crippen molar-refractivity contribution >= 4 is 42.6 Å². The number of aromatic nitrogens is 1. The lowest BCUT2D eigenvalue weighted by Crippen LogP contribution is -2.37. The van der Waals surface area contributed by atoms with Crippen LogP contribution in [0.2, 0.25) is 0 Å². The average molecular weight is 547 g/mol. The van der Waals surface area contributed by atoms with Crippen LogP contribution in [0.4, 0.5) is 5.13 Å². The quantitative estimate of drug-likeness (QED) is 0.280. The Kier molecular flexibility index (Phi) is 10.5. The molecule has 2 aromatic carbocycles. The van der Waals surface area contributed by atoms with Crippen LogP contribution in [0.1, 0.15) is 49.9 Å². The van der Waals surface area contributed by atoms with Crippen molar-refractivity contribution in [2.45, 2.75) is 44.4 Å². The summed E-state index contributed by atoms with van der Waals surface area (Å²) in [6, 6.07) is 12.0. The first-order valence-corrected chi connectivity index (χ1v) is 15.0. The van der Waals surface area contributed by atoms with Crippen LogP contribution in [0.3, 0.4) is 0 Å². The first kappa shape index (κ1) is 29.0. The van der Waals surface area contributed by atoms with Crippen LogP contribution in [0.25, 0.3) is 10.2 Å². The fraction of sp³-hybridized carbons (Fsp3) is 0.481. The number of anilines is 1. The third-order valence-corrected chi connectivity index (χ3v) is 9.06. The van der Waals surface area contributed by atoms with E-state index in [4.69, 9.17) is 9.72 Å². The highest BCUT2D eigenvalue weighted by Gasteiger charge is 2.26. The SMILES string of the molecule is CCCCN(CCCC)S(=O)(=O)c1ccc(C(=O)N(CCN(C)C)c2nc3c(OC)cccc3s2)cc1. The van der Waals surface area contributed by atoms with E-state index in [-0.39, 0.29) is 10.8 Å². The van der Waals surface area contributed by atoms with Gasteiger partial charge in [0.15, 0.2) is 5.13 Å². The van der Waals surface area contributed by atoms with Crippen molar-refractivity contribution in [1.29, 1.82) is 0 Å². The van der Waals surface area contributed by atoms with Gasteiger partial charge in [-0.1, -0.05) is 44.1 Å². The number of likely N-dealkylation sites (N-methyl/N-ethyl adjacent to an activating group) is 1. The average Bonchev–Trinajstić information content (AvgIpc) is 3.32. The highest BCUT2D eigenvalue weighted by Crippen LogP contribution is 2.34. The minimum absolute atomic E-state index is 0.209. The van der Waals surface area contributed by atoms with E-state index >= 15 is 0 Å². The second kappa shape index (κ2) is 13.3. The predicted octanol–water partition coefficient (Wildman–Crippen LogP) is 5.10. The normalized spacial score (nSPS) is 12.0. The molecule has 0 saturated carbocycles. The number of carbonyl (C=O) groups excluding carboxylic acids is 1. The summed E-state index contributed by atoms with van der Waals surface area (Å²) < 4.78 is 34.6. The third-order valence-electron chi connectivity index (χ3n) is 6.10. The lowest BCUT2D eigenvalue weighted by Gasteiger charge is -2.23. The smallest absolute Gasteiger partial charge is 0.260 e. The number of methoxy groups -OCH3 is 1. The van der Waals surface area contributed by atoms with Crippen molar-refractivity contribution in [2.75, 3.05) is 52.3 Å². The summed E-state index contributed by atoms with van der Waals surface area (Å²) in [6.07, 6.45) is 3.47. The van der Waals surface area contributed by atoms with E-state index < -0.39 is 10.0 Å². The molecule has 0 N–H and O–H groups in total. The van der Waals surface area contributed by atoms with Crippen LogP contribution in [-0.4, -0.2) is 75.9 Å². The van der Waals surface area contributed by atoms with Crippen molar-refractivity contribution in [3.63, 3.8) is 0 Å². The van der Waals surface area contributed by atoms with E-state index in [1.165, 1.54) is 11.3 Å². The van der Waals surface area contributed by atoms with E-state index in [9.17, 15) is 13.2 Å². The maximum absolute atomic E-state index is 13.6. The number of nitrogens with zero attached hydrogens (tertiary/aromatic N) is 4. The summed E-state index contributed by atoms with van der Waals surface area (Å²) in [5.74, 6) is 0.433. The van der Waals surface area contributed by atoms with E-state index in [2.05, 4.69) is 13.8 Å². The number of rotatable bonds is 14. The van der Waals surface area contributed by atoms with Gasteiger partial charge in [-0.2, -0.15) is 4.31 Å². The molecule has 0 aliphatic carbocycles. The molecule has 1 amide bonds. The second-order valence-electron chi connectivity index (χ2n) is 9.20. The molecule has 202 valence electrons. The number of carbonyl (C=O) groups is 1. The van der Waals surface area contributed by atoms with Crippen LogP contribution >= 0.6 is 11.3 Å². The Balaban J connectivity index is 1.91. The Morgan fingerprint density at radius 2 is 1.59 bits per heavy atom. The molecule has 0 aliphatic rings. The molecular weight excluding hydrogens is 508 g/mol. The Morgan fingerprint density at radius 3 is 2.16 bits per heavy atom. The lowest BCUT2D eigenvalue weighted by molar-refractivity contribution is 0.0985. The topological polar surface area (TPSA) is 83.1 Å². The summed E-state index contributed by atoms with van der Waals surface area (Å²) in [5, 5.41) is 0.577. The zero-order valence-corrected chi connectivity index (χ0v) is 24.1.